The molecule has 0 saturated carbocycles. The molecule has 30 heavy (non-hydrogen) atoms. The van der Waals surface area contributed by atoms with E-state index in [0.29, 0.717) is 24.5 Å². The van der Waals surface area contributed by atoms with Gasteiger partial charge in [0.25, 0.3) is 0 Å². The van der Waals surface area contributed by atoms with Crippen molar-refractivity contribution in [3.05, 3.63) is 46.8 Å². The number of hydrogen-bond acceptors (Lipinski definition) is 4. The van der Waals surface area contributed by atoms with Crippen molar-refractivity contribution < 1.29 is 26.9 Å². The Bertz CT molecular complexity index is 997. The Hall–Kier alpha value is -2.88. The van der Waals surface area contributed by atoms with Gasteiger partial charge >= 0.3 is 0 Å². The van der Waals surface area contributed by atoms with Crippen LogP contribution < -0.4 is 9.46 Å². The second-order valence-corrected chi connectivity index (χ2v) is 7.87. The fourth-order valence-electron chi connectivity index (χ4n) is 2.46. The van der Waals surface area contributed by atoms with Crippen molar-refractivity contribution in [2.24, 2.45) is 4.99 Å². The summed E-state index contributed by atoms with van der Waals surface area (Å²) in [6.45, 7) is 3.29. The number of halogens is 3. The van der Waals surface area contributed by atoms with E-state index in [-0.39, 0.29) is 22.6 Å². The molecule has 0 heterocycles. The van der Waals surface area contributed by atoms with Crippen LogP contribution in [0, 0.1) is 24.4 Å². The van der Waals surface area contributed by atoms with Gasteiger partial charge in [-0.3, -0.25) is 4.79 Å². The van der Waals surface area contributed by atoms with E-state index in [9.17, 15) is 22.2 Å². The number of aldehydes is 1. The topological polar surface area (TPSA) is 71.0 Å². The molecule has 0 aliphatic heterocycles. The van der Waals surface area contributed by atoms with Crippen LogP contribution in [0.4, 0.5) is 24.5 Å². The average molecular weight is 441 g/mol. The third kappa shape index (κ3) is 5.38. The third-order valence-electron chi connectivity index (χ3n) is 3.93. The van der Waals surface area contributed by atoms with Crippen LogP contribution >= 0.6 is 0 Å². The smallest absolute Gasteiger partial charge is 0.204 e. The Morgan fingerprint density at radius 2 is 1.93 bits per heavy atom. The minimum atomic E-state index is -1.67. The van der Waals surface area contributed by atoms with Crippen molar-refractivity contribution in [2.75, 3.05) is 24.6 Å². The molecule has 0 spiro atoms. The summed E-state index contributed by atoms with van der Waals surface area (Å²) >= 11 is 0. The Kier molecular flexibility index (Phi) is 7.99. The summed E-state index contributed by atoms with van der Waals surface area (Å²) < 4.78 is 62.5. The normalized spacial score (nSPS) is 12.1. The summed E-state index contributed by atoms with van der Waals surface area (Å²) in [6, 6.07) is 3.39. The number of benzene rings is 2. The first kappa shape index (κ1) is 23.4. The molecule has 162 valence electrons. The van der Waals surface area contributed by atoms with Crippen LogP contribution in [0.5, 0.6) is 11.5 Å². The molecule has 0 aromatic heterocycles. The van der Waals surface area contributed by atoms with Crippen LogP contribution in [0.25, 0.3) is 0 Å². The summed E-state index contributed by atoms with van der Waals surface area (Å²) in [5, 5.41) is 0. The SMILES string of the molecule is CCCS(=O)Nc1cc(F)c(F)c(Oc2ccc(N=CN(C)C)c(C=O)c2C)c1F. The molecular weight excluding hydrogens is 419 g/mol. The van der Waals surface area contributed by atoms with Crippen LogP contribution in [0.3, 0.4) is 0 Å². The molecule has 2 aromatic rings. The molecule has 0 saturated heterocycles. The number of carbonyl (C=O) groups is 1. The highest BCUT2D eigenvalue weighted by atomic mass is 32.2. The van der Waals surface area contributed by atoms with Gasteiger partial charge in [-0.15, -0.1) is 0 Å². The first-order valence-electron chi connectivity index (χ1n) is 8.99. The van der Waals surface area contributed by atoms with Gasteiger partial charge in [0.2, 0.25) is 11.6 Å². The van der Waals surface area contributed by atoms with Gasteiger partial charge in [-0.25, -0.2) is 18.0 Å². The third-order valence-corrected chi connectivity index (χ3v) is 5.16. The molecule has 0 amide bonds. The lowest BCUT2D eigenvalue weighted by Gasteiger charge is -2.15. The molecule has 0 aliphatic rings. The largest absolute Gasteiger partial charge is 0.451 e. The second-order valence-electron chi connectivity index (χ2n) is 6.56. The molecule has 1 N–H and O–H groups in total. The van der Waals surface area contributed by atoms with E-state index < -0.39 is 39.9 Å². The monoisotopic (exact) mass is 441 g/mol. The van der Waals surface area contributed by atoms with E-state index in [0.717, 1.165) is 0 Å². The number of ether oxygens (including phenoxy) is 1. The number of aliphatic imine (C=N–C) groups is 1. The minimum absolute atomic E-state index is 0.0510. The first-order chi connectivity index (χ1) is 14.2. The lowest BCUT2D eigenvalue weighted by atomic mass is 10.1. The standard InChI is InChI=1S/C20H22F3N3O3S/c1-5-8-30(28)25-16-9-14(21)18(22)20(19(16)23)29-17-7-6-15(24-11-26(3)4)13(10-27)12(17)2/h6-7,9-11,25H,5,8H2,1-4H3. The molecular formula is C20H22F3N3O3S. The lowest BCUT2D eigenvalue weighted by molar-refractivity contribution is 0.112. The molecule has 2 rings (SSSR count). The van der Waals surface area contributed by atoms with Gasteiger partial charge in [0.15, 0.2) is 17.9 Å². The number of carbonyl (C=O) groups excluding carboxylic acids is 1. The Morgan fingerprint density at radius 3 is 2.53 bits per heavy atom. The minimum Gasteiger partial charge on any atom is -0.451 e. The fraction of sp³-hybridized carbons (Fsp3) is 0.300. The highest BCUT2D eigenvalue weighted by Crippen LogP contribution is 2.37. The second kappa shape index (κ2) is 10.2. The predicted octanol–water partition coefficient (Wildman–Crippen LogP) is 4.72. The van der Waals surface area contributed by atoms with Crippen molar-refractivity contribution in [2.45, 2.75) is 20.3 Å². The number of rotatable bonds is 9. The molecule has 0 fully saturated rings. The van der Waals surface area contributed by atoms with Crippen molar-refractivity contribution in [3.63, 3.8) is 0 Å². The maximum atomic E-state index is 14.8. The molecule has 1 unspecified atom stereocenters. The molecule has 10 heteroatoms. The van der Waals surface area contributed by atoms with Crippen LogP contribution in [0.2, 0.25) is 0 Å². The average Bonchev–Trinajstić information content (AvgIpc) is 2.69. The van der Waals surface area contributed by atoms with Gasteiger partial charge in [-0.05, 0) is 25.5 Å². The lowest BCUT2D eigenvalue weighted by Crippen LogP contribution is -2.11. The van der Waals surface area contributed by atoms with E-state index in [2.05, 4.69) is 9.71 Å². The van der Waals surface area contributed by atoms with Gasteiger partial charge in [0.05, 0.1) is 17.7 Å². The number of hydrogen-bond donors (Lipinski definition) is 1. The Labute approximate surface area is 175 Å². The summed E-state index contributed by atoms with van der Waals surface area (Å²) in [5.41, 5.74) is 0.271. The van der Waals surface area contributed by atoms with Crippen LogP contribution in [-0.4, -0.2) is 41.6 Å². The summed E-state index contributed by atoms with van der Waals surface area (Å²) in [5.74, 6) is -5.00. The fourth-order valence-corrected chi connectivity index (χ4v) is 3.32. The van der Waals surface area contributed by atoms with Crippen molar-refractivity contribution in [3.8, 4) is 11.5 Å². The molecule has 0 bridgehead atoms. The predicted molar refractivity (Wildman–Crippen MR) is 112 cm³/mol. The van der Waals surface area contributed by atoms with Crippen molar-refractivity contribution >= 4 is 35.0 Å². The van der Waals surface area contributed by atoms with Gasteiger partial charge in [-0.2, -0.15) is 4.39 Å². The van der Waals surface area contributed by atoms with Gasteiger partial charge in [-0.1, -0.05) is 6.92 Å². The molecule has 2 aromatic carbocycles. The van der Waals surface area contributed by atoms with E-state index in [1.165, 1.54) is 25.4 Å². The highest BCUT2D eigenvalue weighted by Gasteiger charge is 2.23. The summed E-state index contributed by atoms with van der Waals surface area (Å²) in [4.78, 5) is 17.4. The summed E-state index contributed by atoms with van der Waals surface area (Å²) in [6.07, 6.45) is 2.58. The van der Waals surface area contributed by atoms with Crippen molar-refractivity contribution in [1.29, 1.82) is 0 Å². The van der Waals surface area contributed by atoms with Gasteiger partial charge < -0.3 is 14.4 Å². The van der Waals surface area contributed by atoms with Crippen LogP contribution in [0.15, 0.2) is 23.2 Å². The maximum Gasteiger partial charge on any atom is 0.204 e. The molecule has 6 nitrogen and oxygen atoms in total. The Morgan fingerprint density at radius 1 is 1.23 bits per heavy atom. The van der Waals surface area contributed by atoms with E-state index >= 15 is 0 Å². The van der Waals surface area contributed by atoms with E-state index in [1.54, 1.807) is 25.9 Å². The maximum absolute atomic E-state index is 14.8. The van der Waals surface area contributed by atoms with Gasteiger partial charge in [0, 0.05) is 37.0 Å². The zero-order valence-corrected chi connectivity index (χ0v) is 17.8. The van der Waals surface area contributed by atoms with Crippen molar-refractivity contribution in [1.82, 2.24) is 4.90 Å². The molecule has 0 radical (unpaired) electrons. The van der Waals surface area contributed by atoms with Crippen LogP contribution in [-0.2, 0) is 11.0 Å². The number of anilines is 1. The van der Waals surface area contributed by atoms with Crippen LogP contribution in [0.1, 0.15) is 29.3 Å². The zero-order chi connectivity index (χ0) is 22.4. The number of nitrogens with zero attached hydrogens (tertiary/aromatic N) is 2. The molecule has 1 atom stereocenters. The highest BCUT2D eigenvalue weighted by molar-refractivity contribution is 7.86. The zero-order valence-electron chi connectivity index (χ0n) is 17.0. The molecule has 0 aliphatic carbocycles. The van der Waals surface area contributed by atoms with E-state index in [4.69, 9.17) is 4.74 Å². The van der Waals surface area contributed by atoms with Gasteiger partial charge in [0.1, 0.15) is 16.7 Å². The first-order valence-corrected chi connectivity index (χ1v) is 10.3. The Balaban J connectivity index is 2.48. The quantitative estimate of drug-likeness (QED) is 0.264. The summed E-state index contributed by atoms with van der Waals surface area (Å²) in [7, 11) is 1.84. The van der Waals surface area contributed by atoms with E-state index in [1.807, 2.05) is 0 Å². The number of nitrogens with one attached hydrogen (secondary N) is 1.